The van der Waals surface area contributed by atoms with Crippen molar-refractivity contribution in [2.45, 2.75) is 27.7 Å². The number of nitrogens with two attached hydrogens (primary N) is 1. The van der Waals surface area contributed by atoms with E-state index in [4.69, 9.17) is 5.73 Å². The van der Waals surface area contributed by atoms with Gasteiger partial charge in [0.1, 0.15) is 0 Å². The molecule has 1 heteroatoms. The Kier molecular flexibility index (Phi) is 3.66. The fraction of sp³-hybridized carbons (Fsp3) is 0.400. The molecule has 62 valence electrons. The van der Waals surface area contributed by atoms with Gasteiger partial charge in [-0.2, -0.15) is 0 Å². The highest BCUT2D eigenvalue weighted by Gasteiger charge is 1.94. The van der Waals surface area contributed by atoms with E-state index in [1.807, 2.05) is 13.8 Å². The van der Waals surface area contributed by atoms with Crippen LogP contribution in [0.5, 0.6) is 0 Å². The zero-order valence-electron chi connectivity index (χ0n) is 7.86. The molecule has 1 nitrogen and oxygen atoms in total. The maximum Gasteiger partial charge on any atom is 0.0367 e. The van der Waals surface area contributed by atoms with Crippen LogP contribution in [0.15, 0.2) is 35.1 Å². The summed E-state index contributed by atoms with van der Waals surface area (Å²) in [7, 11) is 0. The normalized spacial score (nSPS) is 12.0. The zero-order chi connectivity index (χ0) is 9.02. The lowest BCUT2D eigenvalue weighted by atomic mass is 10.1. The van der Waals surface area contributed by atoms with E-state index in [-0.39, 0.29) is 0 Å². The Bertz CT molecular complexity index is 215. The average molecular weight is 151 g/mol. The third-order valence-corrected chi connectivity index (χ3v) is 1.39. The van der Waals surface area contributed by atoms with Crippen LogP contribution in [-0.2, 0) is 0 Å². The molecule has 0 aromatic carbocycles. The monoisotopic (exact) mass is 151 g/mol. The van der Waals surface area contributed by atoms with Gasteiger partial charge >= 0.3 is 0 Å². The fourth-order valence-corrected chi connectivity index (χ4v) is 0.847. The molecule has 11 heavy (non-hydrogen) atoms. The fourth-order valence-electron chi connectivity index (χ4n) is 0.847. The summed E-state index contributed by atoms with van der Waals surface area (Å²) >= 11 is 0. The highest BCUT2D eigenvalue weighted by molar-refractivity contribution is 5.34. The second-order valence-electron chi connectivity index (χ2n) is 3.10. The van der Waals surface area contributed by atoms with Crippen molar-refractivity contribution in [3.05, 3.63) is 35.1 Å². The molecule has 0 unspecified atom stereocenters. The summed E-state index contributed by atoms with van der Waals surface area (Å²) in [5.74, 6) is 0. The molecule has 0 spiro atoms. The molecule has 0 radical (unpaired) electrons. The first-order chi connectivity index (χ1) is 4.95. The van der Waals surface area contributed by atoms with E-state index in [9.17, 15) is 0 Å². The molecular formula is C10H17N. The first-order valence-electron chi connectivity index (χ1n) is 3.72. The lowest BCUT2D eigenvalue weighted by Crippen LogP contribution is -2.00. The predicted octanol–water partition coefficient (Wildman–Crippen LogP) is 2.76. The van der Waals surface area contributed by atoms with Crippen molar-refractivity contribution in [3.63, 3.8) is 0 Å². The van der Waals surface area contributed by atoms with Crippen LogP contribution >= 0.6 is 0 Å². The second kappa shape index (κ2) is 4.02. The molecule has 0 amide bonds. The van der Waals surface area contributed by atoms with E-state index >= 15 is 0 Å². The molecule has 0 atom stereocenters. The second-order valence-corrected chi connectivity index (χ2v) is 3.10. The van der Waals surface area contributed by atoms with E-state index < -0.39 is 0 Å². The Labute approximate surface area is 69.3 Å². The van der Waals surface area contributed by atoms with Crippen molar-refractivity contribution in [1.82, 2.24) is 0 Å². The van der Waals surface area contributed by atoms with Crippen molar-refractivity contribution in [2.75, 3.05) is 0 Å². The third-order valence-electron chi connectivity index (χ3n) is 1.39. The lowest BCUT2D eigenvalue weighted by Gasteiger charge is -2.02. The molecule has 0 heterocycles. The van der Waals surface area contributed by atoms with Gasteiger partial charge in [0, 0.05) is 5.70 Å². The zero-order valence-corrected chi connectivity index (χ0v) is 7.86. The number of hydrogen-bond acceptors (Lipinski definition) is 1. The summed E-state index contributed by atoms with van der Waals surface area (Å²) in [5, 5.41) is 0. The molecule has 0 aliphatic heterocycles. The minimum Gasteiger partial charge on any atom is -0.398 e. The smallest absolute Gasteiger partial charge is 0.0367 e. The number of rotatable bonds is 2. The predicted molar refractivity (Wildman–Crippen MR) is 51.1 cm³/mol. The van der Waals surface area contributed by atoms with Gasteiger partial charge in [-0.05, 0) is 38.8 Å². The van der Waals surface area contributed by atoms with Crippen molar-refractivity contribution in [2.24, 2.45) is 5.73 Å². The molecule has 0 aromatic rings. The van der Waals surface area contributed by atoms with Crippen molar-refractivity contribution < 1.29 is 0 Å². The Balaban J connectivity index is 4.68. The molecule has 0 rings (SSSR count). The Morgan fingerprint density at radius 1 is 1.18 bits per heavy atom. The summed E-state index contributed by atoms with van der Waals surface area (Å²) in [6, 6.07) is 0. The molecule has 0 saturated carbocycles. The molecule has 0 bridgehead atoms. The quantitative estimate of drug-likeness (QED) is 0.603. The van der Waals surface area contributed by atoms with Crippen LogP contribution in [0.2, 0.25) is 0 Å². The van der Waals surface area contributed by atoms with E-state index in [2.05, 4.69) is 26.5 Å². The van der Waals surface area contributed by atoms with Gasteiger partial charge in [-0.1, -0.05) is 18.2 Å². The van der Waals surface area contributed by atoms with Crippen LogP contribution in [0.3, 0.4) is 0 Å². The molecular weight excluding hydrogens is 134 g/mol. The van der Waals surface area contributed by atoms with Gasteiger partial charge in [-0.15, -0.1) is 0 Å². The molecule has 0 fully saturated rings. The van der Waals surface area contributed by atoms with Crippen molar-refractivity contribution >= 4 is 0 Å². The minimum atomic E-state index is 0.797. The van der Waals surface area contributed by atoms with Crippen molar-refractivity contribution in [3.8, 4) is 0 Å². The standard InChI is InChI=1S/C10H17N/c1-7(2)6-9(5)10(11)8(3)4/h6H,3,11H2,1-2,4-5H3/b10-9+. The van der Waals surface area contributed by atoms with Gasteiger partial charge in [0.25, 0.3) is 0 Å². The largest absolute Gasteiger partial charge is 0.398 e. The first kappa shape index (κ1) is 10.0. The van der Waals surface area contributed by atoms with Gasteiger partial charge in [0.05, 0.1) is 0 Å². The topological polar surface area (TPSA) is 26.0 Å². The highest BCUT2D eigenvalue weighted by Crippen LogP contribution is 2.09. The first-order valence-corrected chi connectivity index (χ1v) is 3.72. The van der Waals surface area contributed by atoms with Gasteiger partial charge in [0.2, 0.25) is 0 Å². The molecule has 0 aliphatic carbocycles. The van der Waals surface area contributed by atoms with Crippen LogP contribution < -0.4 is 5.73 Å². The SMILES string of the molecule is C=C(C)/C(N)=C(/C)C=C(C)C. The lowest BCUT2D eigenvalue weighted by molar-refractivity contribution is 1.22. The maximum absolute atomic E-state index is 5.74. The van der Waals surface area contributed by atoms with E-state index in [0.29, 0.717) is 0 Å². The molecule has 0 saturated heterocycles. The number of allylic oxidation sites excluding steroid dienone is 4. The summed E-state index contributed by atoms with van der Waals surface area (Å²) in [4.78, 5) is 0. The minimum absolute atomic E-state index is 0.797. The van der Waals surface area contributed by atoms with E-state index in [0.717, 1.165) is 16.8 Å². The van der Waals surface area contributed by atoms with Crippen LogP contribution in [0.4, 0.5) is 0 Å². The number of hydrogen-bond donors (Lipinski definition) is 1. The van der Waals surface area contributed by atoms with Crippen LogP contribution in [0.1, 0.15) is 27.7 Å². The summed E-state index contributed by atoms with van der Waals surface area (Å²) in [6.45, 7) is 11.8. The van der Waals surface area contributed by atoms with Gasteiger partial charge < -0.3 is 5.73 Å². The average Bonchev–Trinajstić information content (AvgIpc) is 1.84. The van der Waals surface area contributed by atoms with E-state index in [1.165, 1.54) is 5.57 Å². The summed E-state index contributed by atoms with van der Waals surface area (Å²) in [6.07, 6.45) is 2.06. The summed E-state index contributed by atoms with van der Waals surface area (Å²) < 4.78 is 0. The third kappa shape index (κ3) is 3.66. The van der Waals surface area contributed by atoms with Gasteiger partial charge in [-0.3, -0.25) is 0 Å². The van der Waals surface area contributed by atoms with E-state index in [1.54, 1.807) is 0 Å². The van der Waals surface area contributed by atoms with Gasteiger partial charge in [0.15, 0.2) is 0 Å². The molecule has 2 N–H and O–H groups in total. The Hall–Kier alpha value is -0.980. The Morgan fingerprint density at radius 2 is 1.64 bits per heavy atom. The van der Waals surface area contributed by atoms with Gasteiger partial charge in [-0.25, -0.2) is 0 Å². The summed E-state index contributed by atoms with van der Waals surface area (Å²) in [5.41, 5.74) is 9.82. The van der Waals surface area contributed by atoms with Crippen LogP contribution in [0.25, 0.3) is 0 Å². The van der Waals surface area contributed by atoms with Crippen LogP contribution in [0, 0.1) is 0 Å². The Morgan fingerprint density at radius 3 is 1.91 bits per heavy atom. The molecule has 0 aliphatic rings. The molecule has 0 aromatic heterocycles. The van der Waals surface area contributed by atoms with Crippen molar-refractivity contribution in [1.29, 1.82) is 0 Å². The van der Waals surface area contributed by atoms with Crippen LogP contribution in [-0.4, -0.2) is 0 Å². The maximum atomic E-state index is 5.74. The highest BCUT2D eigenvalue weighted by atomic mass is 14.6.